The van der Waals surface area contributed by atoms with E-state index in [-0.39, 0.29) is 5.41 Å². The van der Waals surface area contributed by atoms with Crippen molar-refractivity contribution in [2.24, 2.45) is 16.7 Å². The second-order valence-corrected chi connectivity index (χ2v) is 9.74. The molecule has 3 nitrogen and oxygen atoms in total. The van der Waals surface area contributed by atoms with Crippen LogP contribution in [0.2, 0.25) is 5.15 Å². The predicted octanol–water partition coefficient (Wildman–Crippen LogP) is 4.97. The van der Waals surface area contributed by atoms with Crippen LogP contribution in [0.15, 0.2) is 12.1 Å². The topological polar surface area (TPSA) is 48.9 Å². The maximum absolute atomic E-state index is 11.3. The van der Waals surface area contributed by atoms with Crippen LogP contribution >= 0.6 is 11.6 Å². The number of rotatable bonds is 0. The minimum atomic E-state index is -0.393. The highest BCUT2D eigenvalue weighted by Crippen LogP contribution is 2.77. The molecule has 6 rings (SSSR count). The van der Waals surface area contributed by atoms with Gasteiger partial charge in [0.1, 0.15) is 0 Å². The van der Waals surface area contributed by atoms with Crippen molar-refractivity contribution in [1.29, 1.82) is 0 Å². The Morgan fingerprint density at radius 3 is 2.76 bits per heavy atom. The van der Waals surface area contributed by atoms with Gasteiger partial charge in [-0.1, -0.05) is 24.6 Å². The van der Waals surface area contributed by atoms with Gasteiger partial charge in [0.25, 0.3) is 0 Å². The van der Waals surface area contributed by atoms with E-state index in [1.807, 2.05) is 0 Å². The molecule has 0 aliphatic heterocycles. The van der Waals surface area contributed by atoms with Crippen LogP contribution in [0.5, 0.6) is 0 Å². The Morgan fingerprint density at radius 2 is 1.96 bits per heavy atom. The molecule has 0 amide bonds. The summed E-state index contributed by atoms with van der Waals surface area (Å²) in [6.45, 7) is 2.41. The van der Waals surface area contributed by atoms with E-state index in [1.165, 1.54) is 43.2 Å². The Hall–Kier alpha value is -1.06. The highest BCUT2D eigenvalue weighted by molar-refractivity contribution is 6.34. The number of fused-ring (bicyclic) bond motifs is 5. The average molecular weight is 357 g/mol. The molecule has 0 unspecified atom stereocenters. The minimum Gasteiger partial charge on any atom is -0.389 e. The van der Waals surface area contributed by atoms with Gasteiger partial charge in [-0.2, -0.15) is 5.10 Å². The number of hydrogen-bond acceptors (Lipinski definition) is 2. The van der Waals surface area contributed by atoms with Gasteiger partial charge < -0.3 is 5.11 Å². The molecule has 4 aliphatic rings. The second kappa shape index (κ2) is 4.43. The number of aromatic nitrogens is 2. The third kappa shape index (κ3) is 1.50. The first-order valence-corrected chi connectivity index (χ1v) is 10.2. The first kappa shape index (κ1) is 15.0. The fourth-order valence-corrected chi connectivity index (χ4v) is 8.15. The minimum absolute atomic E-state index is 0.135. The van der Waals surface area contributed by atoms with Crippen molar-refractivity contribution in [2.45, 2.75) is 69.8 Å². The standard InChI is InChI=1S/C21H25ClN2O/c1-19-7-6-13-12-3-5-16-17(18(22)24-23-16)14(12)2-4-15(13)20(19)8-10-21(19,25)11-9-20/h3,5,13,15,25H,2,4,6-11H2,1H3,(H,23,24)/t13-,15-,19+,20?,21?/m1/s1. The van der Waals surface area contributed by atoms with Gasteiger partial charge in [-0.25, -0.2) is 0 Å². The molecule has 2 bridgehead atoms. The van der Waals surface area contributed by atoms with Crippen LogP contribution in [0, 0.1) is 16.7 Å². The smallest absolute Gasteiger partial charge is 0.158 e. The summed E-state index contributed by atoms with van der Waals surface area (Å²) in [5, 5.41) is 20.4. The lowest BCUT2D eigenvalue weighted by molar-refractivity contribution is -0.101. The van der Waals surface area contributed by atoms with Gasteiger partial charge in [-0.15, -0.1) is 0 Å². The van der Waals surface area contributed by atoms with Crippen molar-refractivity contribution in [3.05, 3.63) is 28.4 Å². The summed E-state index contributed by atoms with van der Waals surface area (Å²) in [5.74, 6) is 1.35. The summed E-state index contributed by atoms with van der Waals surface area (Å²) < 4.78 is 0. The summed E-state index contributed by atoms with van der Waals surface area (Å²) in [4.78, 5) is 0. The summed E-state index contributed by atoms with van der Waals surface area (Å²) in [6.07, 6.45) is 9.21. The number of nitrogens with one attached hydrogen (secondary N) is 1. The molecule has 0 radical (unpaired) electrons. The highest BCUT2D eigenvalue weighted by Gasteiger charge is 2.73. The van der Waals surface area contributed by atoms with Gasteiger partial charge >= 0.3 is 0 Å². The molecule has 3 atom stereocenters. The summed E-state index contributed by atoms with van der Waals surface area (Å²) in [5.41, 5.74) is 4.12. The zero-order valence-corrected chi connectivity index (χ0v) is 15.5. The molecule has 4 heteroatoms. The third-order valence-electron chi connectivity index (χ3n) is 9.18. The van der Waals surface area contributed by atoms with Crippen molar-refractivity contribution in [2.75, 3.05) is 0 Å². The van der Waals surface area contributed by atoms with Crippen LogP contribution in [0.4, 0.5) is 0 Å². The van der Waals surface area contributed by atoms with E-state index in [4.69, 9.17) is 11.6 Å². The molecule has 0 saturated heterocycles. The fourth-order valence-electron chi connectivity index (χ4n) is 7.89. The Bertz CT molecular complexity index is 895. The Morgan fingerprint density at radius 1 is 1.16 bits per heavy atom. The average Bonchev–Trinajstić information content (AvgIpc) is 3.19. The second-order valence-electron chi connectivity index (χ2n) is 9.38. The van der Waals surface area contributed by atoms with E-state index in [0.717, 1.165) is 36.1 Å². The summed E-state index contributed by atoms with van der Waals surface area (Å²) >= 11 is 6.40. The lowest BCUT2D eigenvalue weighted by Gasteiger charge is -2.56. The molecule has 0 spiro atoms. The van der Waals surface area contributed by atoms with E-state index in [1.54, 1.807) is 0 Å². The van der Waals surface area contributed by atoms with Gasteiger partial charge in [-0.3, -0.25) is 5.10 Å². The SMILES string of the molecule is C[C@]12CC[C@@H]3c4ccc5[nH]nc(Cl)c5c4CC[C@H]3C13CCC2(O)CC3. The molecule has 25 heavy (non-hydrogen) atoms. The van der Waals surface area contributed by atoms with Crippen molar-refractivity contribution in [1.82, 2.24) is 10.2 Å². The van der Waals surface area contributed by atoms with Gasteiger partial charge in [0.2, 0.25) is 0 Å². The van der Waals surface area contributed by atoms with Gasteiger partial charge in [-0.05, 0) is 85.8 Å². The van der Waals surface area contributed by atoms with E-state index in [2.05, 4.69) is 29.3 Å². The molecule has 132 valence electrons. The lowest BCUT2D eigenvalue weighted by atomic mass is 9.48. The maximum atomic E-state index is 11.3. The quantitative estimate of drug-likeness (QED) is 0.700. The molecule has 1 aromatic heterocycles. The molecule has 4 aliphatic carbocycles. The molecule has 3 fully saturated rings. The first-order chi connectivity index (χ1) is 12.0. The van der Waals surface area contributed by atoms with Crippen LogP contribution in [0.25, 0.3) is 10.9 Å². The summed E-state index contributed by atoms with van der Waals surface area (Å²) in [7, 11) is 0. The molecule has 3 saturated carbocycles. The van der Waals surface area contributed by atoms with Gasteiger partial charge in [0.05, 0.1) is 11.1 Å². The zero-order chi connectivity index (χ0) is 17.0. The number of benzene rings is 1. The fraction of sp³-hybridized carbons (Fsp3) is 0.667. The largest absolute Gasteiger partial charge is 0.389 e. The van der Waals surface area contributed by atoms with Crippen LogP contribution in [-0.2, 0) is 6.42 Å². The Labute approximate surface area is 153 Å². The van der Waals surface area contributed by atoms with E-state index in [0.29, 0.717) is 16.5 Å². The Balaban J connectivity index is 1.52. The normalized spacial score (nSPS) is 44.6. The van der Waals surface area contributed by atoms with Crippen LogP contribution in [-0.4, -0.2) is 20.9 Å². The van der Waals surface area contributed by atoms with Crippen LogP contribution in [0.3, 0.4) is 0 Å². The van der Waals surface area contributed by atoms with Crippen molar-refractivity contribution < 1.29 is 5.11 Å². The van der Waals surface area contributed by atoms with E-state index in [9.17, 15) is 5.11 Å². The van der Waals surface area contributed by atoms with Crippen molar-refractivity contribution in [3.8, 4) is 0 Å². The molecule has 2 aromatic rings. The van der Waals surface area contributed by atoms with Crippen molar-refractivity contribution in [3.63, 3.8) is 0 Å². The van der Waals surface area contributed by atoms with E-state index < -0.39 is 5.60 Å². The number of nitrogens with zero attached hydrogens (tertiary/aromatic N) is 1. The third-order valence-corrected chi connectivity index (χ3v) is 9.45. The van der Waals surface area contributed by atoms with Crippen molar-refractivity contribution >= 4 is 22.5 Å². The predicted molar refractivity (Wildman–Crippen MR) is 98.8 cm³/mol. The highest BCUT2D eigenvalue weighted by atomic mass is 35.5. The molecular formula is C21H25ClN2O. The monoisotopic (exact) mass is 356 g/mol. The summed E-state index contributed by atoms with van der Waals surface area (Å²) in [6, 6.07) is 4.50. The van der Waals surface area contributed by atoms with Crippen LogP contribution < -0.4 is 0 Å². The maximum Gasteiger partial charge on any atom is 0.158 e. The number of aromatic amines is 1. The Kier molecular flexibility index (Phi) is 2.66. The first-order valence-electron chi connectivity index (χ1n) is 9.87. The molecule has 1 aromatic carbocycles. The zero-order valence-electron chi connectivity index (χ0n) is 14.7. The van der Waals surface area contributed by atoms with Crippen LogP contribution in [0.1, 0.15) is 68.9 Å². The molecule has 1 heterocycles. The number of H-pyrrole nitrogens is 1. The lowest BCUT2D eigenvalue weighted by Crippen LogP contribution is -2.51. The number of hydrogen-bond donors (Lipinski definition) is 2. The number of aryl methyl sites for hydroxylation is 1. The van der Waals surface area contributed by atoms with Gasteiger partial charge in [0.15, 0.2) is 5.15 Å². The number of aliphatic hydroxyl groups is 1. The molecular weight excluding hydrogens is 332 g/mol. The van der Waals surface area contributed by atoms with Gasteiger partial charge in [0, 0.05) is 10.8 Å². The van der Waals surface area contributed by atoms with E-state index >= 15 is 0 Å². The number of halogens is 1. The molecule has 2 N–H and O–H groups in total.